The number of hydrogen-bond acceptors (Lipinski definition) is 7. The van der Waals surface area contributed by atoms with Crippen molar-refractivity contribution >= 4 is 141 Å². The zero-order chi connectivity index (χ0) is 93.2. The highest BCUT2D eigenvalue weighted by molar-refractivity contribution is 6.19. The summed E-state index contributed by atoms with van der Waals surface area (Å²) in [6.07, 6.45) is 1.83. The first-order valence-corrected chi connectivity index (χ1v) is 47.9. The summed E-state index contributed by atoms with van der Waals surface area (Å²) in [5.74, 6) is 0. The third-order valence-electron chi connectivity index (χ3n) is 27.7. The molecule has 0 bridgehead atoms. The van der Waals surface area contributed by atoms with Crippen molar-refractivity contribution in [1.29, 1.82) is 0 Å². The second-order valence-corrected chi connectivity index (χ2v) is 36.0. The highest BCUT2D eigenvalue weighted by atomic mass is 15.0. The molecule has 656 valence electrons. The fourth-order valence-electron chi connectivity index (χ4n) is 20.9. The monoisotopic (exact) mass is 1790 g/mol. The van der Waals surface area contributed by atoms with E-state index in [1.54, 1.807) is 0 Å². The van der Waals surface area contributed by atoms with E-state index in [-0.39, 0.29) is 0 Å². The predicted molar refractivity (Wildman–Crippen MR) is 591 cm³/mol. The van der Waals surface area contributed by atoms with E-state index >= 15 is 0 Å². The molecule has 0 fully saturated rings. The van der Waals surface area contributed by atoms with Gasteiger partial charge in [-0.3, -0.25) is 4.98 Å². The minimum Gasteiger partial charge on any atom is -0.309 e. The number of pyridine rings is 7. The SMILES string of the molecule is c1ccc(-c2cc(-c3ccc(-c4ccc(-c5ccc6c(c5)c5ccccc5n6-c5ccccc5)c5ccccc45)cc3)nc3ccc4ccccc4c23)cc1.c1ccc(-c2cc(-c3cccc(-c4ccc5ccc6cccnc6c5n4)c3)nc3ccc4ccccc4c23)cc1.c1ccc(-c2ccc3ccc4ccc(-c5cccc(-c6cc(-c7ccccc7)c7c(ccc8ccccc87)n6)c5)nc4c3n2)cc1. The number of aromatic nitrogens is 8. The predicted octanol–water partition coefficient (Wildman–Crippen LogP) is 34.9. The summed E-state index contributed by atoms with van der Waals surface area (Å²) >= 11 is 0. The molecule has 0 aliphatic rings. The molecule has 8 aromatic heterocycles. The van der Waals surface area contributed by atoms with Crippen molar-refractivity contribution in [3.63, 3.8) is 0 Å². The minimum atomic E-state index is 0.903. The van der Waals surface area contributed by atoms with Gasteiger partial charge in [0.25, 0.3) is 0 Å². The molecule has 0 spiro atoms. The van der Waals surface area contributed by atoms with Crippen LogP contribution in [0.2, 0.25) is 0 Å². The Bertz CT molecular complexity index is 9800. The van der Waals surface area contributed by atoms with E-state index in [4.69, 9.17) is 29.9 Å². The quantitative estimate of drug-likeness (QED) is 0.112. The van der Waals surface area contributed by atoms with Gasteiger partial charge in [0.05, 0.1) is 83.8 Å². The summed E-state index contributed by atoms with van der Waals surface area (Å²) in [7, 11) is 0. The molecule has 0 aliphatic heterocycles. The summed E-state index contributed by atoms with van der Waals surface area (Å²) in [6, 6.07) is 178. The first kappa shape index (κ1) is 82.8. The van der Waals surface area contributed by atoms with Gasteiger partial charge in [-0.1, -0.05) is 400 Å². The van der Waals surface area contributed by atoms with Crippen LogP contribution in [0.25, 0.3) is 270 Å². The van der Waals surface area contributed by atoms with Crippen molar-refractivity contribution in [1.82, 2.24) is 39.5 Å². The van der Waals surface area contributed by atoms with Crippen molar-refractivity contribution < 1.29 is 0 Å². The number of fused-ring (bicyclic) bond motifs is 19. The van der Waals surface area contributed by atoms with Crippen molar-refractivity contribution in [2.45, 2.75) is 0 Å². The van der Waals surface area contributed by atoms with Gasteiger partial charge in [-0.05, 0) is 202 Å². The zero-order valence-corrected chi connectivity index (χ0v) is 76.6. The molecule has 0 radical (unpaired) electrons. The molecule has 28 aromatic rings. The Hall–Kier alpha value is -18.9. The van der Waals surface area contributed by atoms with Gasteiger partial charge in [-0.2, -0.15) is 0 Å². The van der Waals surface area contributed by atoms with Gasteiger partial charge in [-0.25, -0.2) is 29.9 Å². The van der Waals surface area contributed by atoms with Crippen LogP contribution in [-0.2, 0) is 0 Å². The van der Waals surface area contributed by atoms with Crippen LogP contribution in [0.15, 0.2) is 510 Å². The van der Waals surface area contributed by atoms with Crippen LogP contribution in [0, 0.1) is 0 Å². The first-order valence-electron chi connectivity index (χ1n) is 47.9. The van der Waals surface area contributed by atoms with Gasteiger partial charge in [0, 0.05) is 93.7 Å². The van der Waals surface area contributed by atoms with Gasteiger partial charge >= 0.3 is 0 Å². The lowest BCUT2D eigenvalue weighted by Crippen LogP contribution is -1.93. The fourth-order valence-corrected chi connectivity index (χ4v) is 20.9. The molecular formula is C133H84N8. The summed E-state index contributed by atoms with van der Waals surface area (Å²) in [4.78, 5) is 35.6. The normalized spacial score (nSPS) is 11.5. The second-order valence-electron chi connectivity index (χ2n) is 36.0. The zero-order valence-electron chi connectivity index (χ0n) is 76.6. The van der Waals surface area contributed by atoms with Crippen LogP contribution in [-0.4, -0.2) is 39.5 Å². The highest BCUT2D eigenvalue weighted by Crippen LogP contribution is 2.46. The highest BCUT2D eigenvalue weighted by Gasteiger charge is 2.22. The Morgan fingerprint density at radius 1 is 0.149 bits per heavy atom. The molecule has 8 heterocycles. The van der Waals surface area contributed by atoms with Gasteiger partial charge < -0.3 is 4.57 Å². The van der Waals surface area contributed by atoms with Crippen LogP contribution < -0.4 is 0 Å². The Balaban J connectivity index is 0.000000110. The third kappa shape index (κ3) is 15.3. The molecule has 8 heteroatoms. The topological polar surface area (TPSA) is 95.2 Å². The van der Waals surface area contributed by atoms with Crippen LogP contribution in [0.4, 0.5) is 0 Å². The standard InChI is InChI=1S/C53H34N2.C43H27N3.C37H23N3/c1-3-13-35(14-4-1)47-34-50(54-49-31-27-36-15-7-8-18-43(36)53(47)49)38-25-23-37(24-26-38)41-29-30-42(45-20-10-9-19-44(41)45)39-28-32-52-48(33-39)46-21-11-12-22-51(46)55(52)40-16-5-2-6-17-40;1-3-10-28(11-4-1)36-27-40(44-39-25-20-29-12-7-8-17-35(29)41(36)39)34-16-9-15-33(26-34)38-24-22-32-19-18-31-21-23-37(30-13-5-2-6-14-30)45-42(31)43(32)46-38;1-2-8-24(9-3-1)31-23-34(39-33-20-17-25-10-4-5-14-30(25)35(31)33)29-12-6-11-28(22-29)32-19-18-27-16-15-26-13-7-21-38-36(26)37(27)40-32/h1-34H;1-27H;1-23H. The lowest BCUT2D eigenvalue weighted by molar-refractivity contribution is 1.18. The maximum atomic E-state index is 5.24. The molecule has 28 rings (SSSR count). The summed E-state index contributed by atoms with van der Waals surface area (Å²) in [5, 5.41) is 20.2. The van der Waals surface area contributed by atoms with E-state index in [1.165, 1.54) is 142 Å². The van der Waals surface area contributed by atoms with Gasteiger partial charge in [0.2, 0.25) is 0 Å². The molecule has 20 aromatic carbocycles. The van der Waals surface area contributed by atoms with Crippen molar-refractivity contribution in [2.24, 2.45) is 0 Å². The number of benzene rings is 20. The number of rotatable bonds is 12. The molecule has 0 saturated carbocycles. The number of hydrogen-bond donors (Lipinski definition) is 0. The lowest BCUT2D eigenvalue weighted by atomic mass is 9.91. The van der Waals surface area contributed by atoms with Gasteiger partial charge in [0.15, 0.2) is 0 Å². The molecule has 0 amide bonds. The van der Waals surface area contributed by atoms with Gasteiger partial charge in [0.1, 0.15) is 0 Å². The van der Waals surface area contributed by atoms with E-state index in [1.807, 2.05) is 30.5 Å². The molecule has 141 heavy (non-hydrogen) atoms. The average Bonchev–Trinajstić information content (AvgIpc) is 1.71. The van der Waals surface area contributed by atoms with Crippen molar-refractivity contribution in [3.05, 3.63) is 510 Å². The maximum Gasteiger partial charge on any atom is 0.0972 e. The molecule has 0 saturated heterocycles. The summed E-state index contributed by atoms with van der Waals surface area (Å²) < 4.78 is 2.37. The molecular weight excluding hydrogens is 1710 g/mol. The van der Waals surface area contributed by atoms with E-state index in [0.29, 0.717) is 0 Å². The maximum absolute atomic E-state index is 5.24. The Morgan fingerprint density at radius 2 is 0.454 bits per heavy atom. The minimum absolute atomic E-state index is 0.903. The Morgan fingerprint density at radius 3 is 0.915 bits per heavy atom. The van der Waals surface area contributed by atoms with Crippen molar-refractivity contribution in [2.75, 3.05) is 0 Å². The van der Waals surface area contributed by atoms with Crippen LogP contribution in [0.1, 0.15) is 0 Å². The Kier molecular flexibility index (Phi) is 20.8. The Labute approximate surface area is 813 Å². The number of nitrogens with zero attached hydrogens (tertiary/aromatic N) is 8. The van der Waals surface area contributed by atoms with Crippen LogP contribution in [0.3, 0.4) is 0 Å². The fraction of sp³-hybridized carbons (Fsp3) is 0. The summed E-state index contributed by atoms with van der Waals surface area (Å²) in [5.41, 5.74) is 34.2. The first-order chi connectivity index (χ1) is 69.9. The largest absolute Gasteiger partial charge is 0.309 e. The van der Waals surface area contributed by atoms with Crippen molar-refractivity contribution in [3.8, 4) is 129 Å². The average molecular weight is 1790 g/mol. The van der Waals surface area contributed by atoms with Gasteiger partial charge in [-0.15, -0.1) is 0 Å². The lowest BCUT2D eigenvalue weighted by Gasteiger charge is -2.14. The van der Waals surface area contributed by atoms with Crippen LogP contribution in [0.5, 0.6) is 0 Å². The van der Waals surface area contributed by atoms with E-state index in [9.17, 15) is 0 Å². The molecule has 0 unspecified atom stereocenters. The third-order valence-corrected chi connectivity index (χ3v) is 27.7. The molecule has 0 atom stereocenters. The summed E-state index contributed by atoms with van der Waals surface area (Å²) in [6.45, 7) is 0. The molecule has 0 aliphatic carbocycles. The van der Waals surface area contributed by atoms with E-state index < -0.39 is 0 Å². The van der Waals surface area contributed by atoms with E-state index in [2.05, 4.69) is 489 Å². The van der Waals surface area contributed by atoms with E-state index in [0.717, 1.165) is 128 Å². The van der Waals surface area contributed by atoms with Crippen LogP contribution >= 0.6 is 0 Å². The molecule has 8 nitrogen and oxygen atoms in total. The number of para-hydroxylation sites is 2. The molecule has 0 N–H and O–H groups in total. The smallest absolute Gasteiger partial charge is 0.0972 e. The second kappa shape index (κ2) is 35.4.